The molecular formula is C34H57KO2S. The van der Waals surface area contributed by atoms with Gasteiger partial charge in [-0.05, 0) is 122 Å². The quantitative estimate of drug-likeness (QED) is 0.156. The van der Waals surface area contributed by atoms with Crippen LogP contribution < -0.4 is 0 Å². The average molecular weight is 569 g/mol. The van der Waals surface area contributed by atoms with Gasteiger partial charge in [0.15, 0.2) is 0 Å². The van der Waals surface area contributed by atoms with E-state index in [4.69, 9.17) is 17.4 Å². The zero-order valence-corrected chi connectivity index (χ0v) is 26.3. The third-order valence-corrected chi connectivity index (χ3v) is 15.6. The molecule has 5 saturated carbocycles. The maximum atomic E-state index is 12.9. The molecule has 5 aliphatic rings. The molecule has 2 unspecified atom stereocenters. The Morgan fingerprint density at radius 3 is 2.16 bits per heavy atom. The summed E-state index contributed by atoms with van der Waals surface area (Å²) in [4.78, 5) is 12.9. The third-order valence-electron chi connectivity index (χ3n) is 14.7. The minimum atomic E-state index is -0.212. The molecule has 0 aliphatic heterocycles. The van der Waals surface area contributed by atoms with Crippen LogP contribution in [0.1, 0.15) is 120 Å². The van der Waals surface area contributed by atoms with E-state index in [9.17, 15) is 4.79 Å². The molecule has 0 bridgehead atoms. The second-order valence-electron chi connectivity index (χ2n) is 16.3. The molecule has 0 amide bonds. The van der Waals surface area contributed by atoms with E-state index in [-0.39, 0.29) is 85.0 Å². The molecule has 212 valence electrons. The molecule has 0 radical (unpaired) electrons. The number of thiol groups is 1. The Kier molecular flexibility index (Phi) is 8.81. The summed E-state index contributed by atoms with van der Waals surface area (Å²) in [6.07, 6.45) is 11.5. The summed E-state index contributed by atoms with van der Waals surface area (Å²) in [6, 6.07) is 0. The molecule has 5 rings (SSSR count). The Hall–Kier alpha value is 1.20. The standard InChI is InChI=1S/C34H56O2S.K.H/c1-20(2)29(35)36-26-19-27(37)30(5,6)24-14-16-33(9)25(34(24,26)10)12-11-23-28-22(4)21(3)13-15-31(28,7)17-18-32(23,33)8;;/h21-28,37H,1,11-19H2,2-10H3;;/t21-,22+,23-,24+,25+,26?,27?,28+,31-,32-,33-,34+;;/m1../s1. The molecule has 0 heterocycles. The van der Waals surface area contributed by atoms with E-state index in [2.05, 4.69) is 62.0 Å². The predicted molar refractivity (Wildman–Crippen MR) is 165 cm³/mol. The van der Waals surface area contributed by atoms with E-state index in [0.717, 1.165) is 30.1 Å². The van der Waals surface area contributed by atoms with Crippen LogP contribution in [0.4, 0.5) is 0 Å². The van der Waals surface area contributed by atoms with Crippen molar-refractivity contribution in [1.29, 1.82) is 0 Å². The molecule has 0 spiro atoms. The van der Waals surface area contributed by atoms with Gasteiger partial charge in [-0.25, -0.2) is 4.79 Å². The van der Waals surface area contributed by atoms with Crippen LogP contribution in [-0.2, 0) is 9.53 Å². The van der Waals surface area contributed by atoms with Gasteiger partial charge in [-0.2, -0.15) is 12.6 Å². The summed E-state index contributed by atoms with van der Waals surface area (Å²) in [5.74, 6) is 4.20. The summed E-state index contributed by atoms with van der Waals surface area (Å²) in [5.41, 5.74) is 1.76. The van der Waals surface area contributed by atoms with E-state index < -0.39 is 0 Å². The number of hydrogen-bond acceptors (Lipinski definition) is 3. The Bertz CT molecular complexity index is 962. The summed E-state index contributed by atoms with van der Waals surface area (Å²) >= 11 is 5.12. The fourth-order valence-corrected chi connectivity index (χ4v) is 12.4. The molecule has 38 heavy (non-hydrogen) atoms. The van der Waals surface area contributed by atoms with Crippen molar-refractivity contribution in [3.8, 4) is 0 Å². The predicted octanol–water partition coefficient (Wildman–Crippen LogP) is 8.49. The Morgan fingerprint density at radius 2 is 1.53 bits per heavy atom. The fourth-order valence-electron chi connectivity index (χ4n) is 12.0. The van der Waals surface area contributed by atoms with Crippen molar-refractivity contribution in [1.82, 2.24) is 0 Å². The first-order valence-corrected chi connectivity index (χ1v) is 16.1. The number of carbonyl (C=O) groups excluding carboxylic acids is 1. The second kappa shape index (κ2) is 10.4. The van der Waals surface area contributed by atoms with Crippen LogP contribution in [-0.4, -0.2) is 68.7 Å². The molecule has 0 aromatic rings. The molecule has 0 aromatic carbocycles. The number of carbonyl (C=O) groups is 1. The summed E-state index contributed by atoms with van der Waals surface area (Å²) in [6.45, 7) is 26.3. The Morgan fingerprint density at radius 1 is 0.868 bits per heavy atom. The van der Waals surface area contributed by atoms with Crippen molar-refractivity contribution in [2.45, 2.75) is 131 Å². The minimum absolute atomic E-state index is 0. The SMILES string of the molecule is C=C(C)C(=O)OC1CC(S)C(C)(C)[C@@H]2CC[C@]3(C)[C@H](CC[C@@H]4[C@@H]5[C@@H](C)[C@H](C)CC[C@]5(C)CC[C@]43C)[C@@]12C.[KH]. The molecular weight excluding hydrogens is 512 g/mol. The van der Waals surface area contributed by atoms with Gasteiger partial charge in [0.1, 0.15) is 6.10 Å². The van der Waals surface area contributed by atoms with Gasteiger partial charge in [0.05, 0.1) is 0 Å². The molecule has 4 heteroatoms. The van der Waals surface area contributed by atoms with Crippen molar-refractivity contribution in [3.63, 3.8) is 0 Å². The first kappa shape index (κ1) is 32.1. The molecule has 5 fully saturated rings. The molecule has 0 aromatic heterocycles. The van der Waals surface area contributed by atoms with Crippen LogP contribution in [0.3, 0.4) is 0 Å². The van der Waals surface area contributed by atoms with Crippen LogP contribution >= 0.6 is 12.6 Å². The number of fused-ring (bicyclic) bond motifs is 7. The van der Waals surface area contributed by atoms with Gasteiger partial charge in [0.25, 0.3) is 0 Å². The molecule has 2 nitrogen and oxygen atoms in total. The van der Waals surface area contributed by atoms with Crippen LogP contribution in [0.2, 0.25) is 0 Å². The van der Waals surface area contributed by atoms with E-state index in [1.54, 1.807) is 6.92 Å². The van der Waals surface area contributed by atoms with E-state index in [1.807, 2.05) is 0 Å². The topological polar surface area (TPSA) is 26.3 Å². The van der Waals surface area contributed by atoms with Crippen LogP contribution in [0, 0.1) is 62.6 Å². The van der Waals surface area contributed by atoms with E-state index >= 15 is 0 Å². The zero-order valence-electron chi connectivity index (χ0n) is 25.5. The van der Waals surface area contributed by atoms with Crippen LogP contribution in [0.5, 0.6) is 0 Å². The Balaban J connectivity index is 0.00000336. The normalized spacial score (nSPS) is 53.2. The second-order valence-corrected chi connectivity index (χ2v) is 17.0. The average Bonchev–Trinajstić information content (AvgIpc) is 2.81. The van der Waals surface area contributed by atoms with Crippen LogP contribution in [0.15, 0.2) is 12.2 Å². The van der Waals surface area contributed by atoms with Crippen LogP contribution in [0.25, 0.3) is 0 Å². The number of rotatable bonds is 2. The zero-order chi connectivity index (χ0) is 27.3. The summed E-state index contributed by atoms with van der Waals surface area (Å²) < 4.78 is 6.40. The maximum absolute atomic E-state index is 12.9. The van der Waals surface area contributed by atoms with Crippen molar-refractivity contribution >= 4 is 70.0 Å². The van der Waals surface area contributed by atoms with Crippen molar-refractivity contribution < 1.29 is 9.53 Å². The fraction of sp³-hybridized carbons (Fsp3) is 0.912. The first-order valence-electron chi connectivity index (χ1n) is 15.6. The van der Waals surface area contributed by atoms with E-state index in [1.165, 1.54) is 51.4 Å². The molecule has 0 N–H and O–H groups in total. The summed E-state index contributed by atoms with van der Waals surface area (Å²) in [5, 5.41) is 0.241. The van der Waals surface area contributed by atoms with Gasteiger partial charge in [-0.1, -0.05) is 62.0 Å². The monoisotopic (exact) mass is 568 g/mol. The third kappa shape index (κ3) is 4.32. The Labute approximate surface area is 282 Å². The van der Waals surface area contributed by atoms with Gasteiger partial charge in [-0.3, -0.25) is 0 Å². The number of hydrogen-bond donors (Lipinski definition) is 1. The van der Waals surface area contributed by atoms with Crippen molar-refractivity contribution in [2.24, 2.45) is 62.6 Å². The summed E-state index contributed by atoms with van der Waals surface area (Å²) in [7, 11) is 0. The van der Waals surface area contributed by atoms with Gasteiger partial charge in [-0.15, -0.1) is 0 Å². The van der Waals surface area contributed by atoms with Gasteiger partial charge in [0, 0.05) is 16.2 Å². The number of ether oxygens (including phenoxy) is 1. The van der Waals surface area contributed by atoms with Gasteiger partial charge < -0.3 is 4.74 Å². The molecule has 12 atom stereocenters. The first-order chi connectivity index (χ1) is 17.0. The van der Waals surface area contributed by atoms with Crippen molar-refractivity contribution in [2.75, 3.05) is 0 Å². The van der Waals surface area contributed by atoms with Gasteiger partial charge >= 0.3 is 57.4 Å². The van der Waals surface area contributed by atoms with E-state index in [0.29, 0.717) is 28.2 Å². The van der Waals surface area contributed by atoms with Gasteiger partial charge in [0.2, 0.25) is 0 Å². The molecule has 5 aliphatic carbocycles. The number of esters is 1. The van der Waals surface area contributed by atoms with Crippen molar-refractivity contribution in [3.05, 3.63) is 12.2 Å². The molecule has 0 saturated heterocycles.